The van der Waals surface area contributed by atoms with Crippen molar-refractivity contribution in [2.75, 3.05) is 0 Å². The normalized spacial score (nSPS) is 11.6. The molecule has 0 aromatic heterocycles. The minimum absolute atomic E-state index is 0.101. The molecular weight excluding hydrogens is 252 g/mol. The van der Waals surface area contributed by atoms with Crippen LogP contribution < -0.4 is 0 Å². The number of fused-ring (bicyclic) bond motifs is 3. The summed E-state index contributed by atoms with van der Waals surface area (Å²) in [6, 6.07) is 11.2. The molecule has 0 saturated carbocycles. The van der Waals surface area contributed by atoms with Gasteiger partial charge < -0.3 is 5.11 Å². The maximum absolute atomic E-state index is 11.8. The van der Waals surface area contributed by atoms with E-state index >= 15 is 0 Å². The van der Waals surface area contributed by atoms with E-state index in [1.807, 2.05) is 30.3 Å². The number of hydrogen-bond acceptors (Lipinski definition) is 2. The number of hydrogen-bond donors (Lipinski definition) is 1. The van der Waals surface area contributed by atoms with Gasteiger partial charge in [-0.15, -0.1) is 0 Å². The van der Waals surface area contributed by atoms with Crippen molar-refractivity contribution in [3.63, 3.8) is 0 Å². The van der Waals surface area contributed by atoms with E-state index in [0.29, 0.717) is 12.0 Å². The number of aromatic carboxylic acids is 1. The number of carboxylic acid groups (broad SMARTS) is 1. The fourth-order valence-corrected chi connectivity index (χ4v) is 2.77. The minimum Gasteiger partial charge on any atom is -0.478 e. The predicted molar refractivity (Wildman–Crippen MR) is 76.2 cm³/mol. The highest BCUT2D eigenvalue weighted by atomic mass is 16.4. The molecule has 3 nitrogen and oxygen atoms in total. The number of carbonyl (C=O) groups is 2. The second kappa shape index (κ2) is 4.46. The van der Waals surface area contributed by atoms with Gasteiger partial charge in [0, 0.05) is 5.56 Å². The number of allylic oxidation sites excluding steroid dienone is 1. The molecule has 0 aliphatic heterocycles. The number of carbonyl (C=O) groups excluding carboxylic acids is 1. The third-order valence-corrected chi connectivity index (χ3v) is 3.65. The molecule has 1 N–H and O–H groups in total. The Balaban J connectivity index is 2.29. The van der Waals surface area contributed by atoms with Crippen LogP contribution in [0.5, 0.6) is 0 Å². The van der Waals surface area contributed by atoms with E-state index < -0.39 is 5.97 Å². The third-order valence-electron chi connectivity index (χ3n) is 3.65. The fraction of sp³-hybridized carbons (Fsp3) is 0.0588. The maximum Gasteiger partial charge on any atom is 0.336 e. The lowest BCUT2D eigenvalue weighted by Gasteiger charge is -2.09. The van der Waals surface area contributed by atoms with Gasteiger partial charge in [0.15, 0.2) is 5.78 Å². The molecule has 0 bridgehead atoms. The van der Waals surface area contributed by atoms with Crippen LogP contribution in [0, 0.1) is 0 Å². The monoisotopic (exact) mass is 264 g/mol. The lowest BCUT2D eigenvalue weighted by Crippen LogP contribution is -2.10. The summed E-state index contributed by atoms with van der Waals surface area (Å²) in [6.45, 7) is 3.43. The van der Waals surface area contributed by atoms with Gasteiger partial charge in [0.05, 0.1) is 5.56 Å². The van der Waals surface area contributed by atoms with Crippen molar-refractivity contribution < 1.29 is 14.7 Å². The molecule has 0 spiro atoms. The summed E-state index contributed by atoms with van der Waals surface area (Å²) in [5.41, 5.74) is 4.06. The molecule has 2 aromatic rings. The van der Waals surface area contributed by atoms with Crippen molar-refractivity contribution in [3.05, 3.63) is 71.3 Å². The Morgan fingerprint density at radius 1 is 1.10 bits per heavy atom. The highest BCUT2D eigenvalue weighted by Crippen LogP contribution is 2.39. The first-order valence-electron chi connectivity index (χ1n) is 6.27. The third kappa shape index (κ3) is 1.67. The zero-order valence-corrected chi connectivity index (χ0v) is 10.7. The van der Waals surface area contributed by atoms with Gasteiger partial charge in [0.1, 0.15) is 0 Å². The van der Waals surface area contributed by atoms with Gasteiger partial charge >= 0.3 is 5.97 Å². The average Bonchev–Trinajstić information content (AvgIpc) is 2.83. The van der Waals surface area contributed by atoms with Crippen molar-refractivity contribution in [3.8, 4) is 11.1 Å². The van der Waals surface area contributed by atoms with E-state index in [4.69, 9.17) is 0 Å². The quantitative estimate of drug-likeness (QED) is 0.583. The SMILES string of the molecule is C=CC(=O)c1ccc2c(c1C(=O)O)Cc1ccccc1-2. The summed E-state index contributed by atoms with van der Waals surface area (Å²) >= 11 is 0. The van der Waals surface area contributed by atoms with Gasteiger partial charge in [-0.3, -0.25) is 4.79 Å². The fourth-order valence-electron chi connectivity index (χ4n) is 2.77. The molecule has 98 valence electrons. The van der Waals surface area contributed by atoms with Gasteiger partial charge in [-0.1, -0.05) is 36.9 Å². The Morgan fingerprint density at radius 3 is 2.55 bits per heavy atom. The van der Waals surface area contributed by atoms with Gasteiger partial charge in [0.25, 0.3) is 0 Å². The molecule has 0 amide bonds. The molecule has 0 fully saturated rings. The average molecular weight is 264 g/mol. The molecule has 2 aromatic carbocycles. The first kappa shape index (κ1) is 12.4. The smallest absolute Gasteiger partial charge is 0.336 e. The highest BCUT2D eigenvalue weighted by molar-refractivity contribution is 6.12. The molecule has 1 aliphatic rings. The highest BCUT2D eigenvalue weighted by Gasteiger charge is 2.27. The van der Waals surface area contributed by atoms with Crippen LogP contribution in [0.25, 0.3) is 11.1 Å². The second-order valence-corrected chi connectivity index (χ2v) is 4.72. The van der Waals surface area contributed by atoms with Crippen molar-refractivity contribution >= 4 is 11.8 Å². The van der Waals surface area contributed by atoms with E-state index in [1.54, 1.807) is 6.07 Å². The summed E-state index contributed by atoms with van der Waals surface area (Å²) in [4.78, 5) is 23.4. The van der Waals surface area contributed by atoms with Crippen LogP contribution >= 0.6 is 0 Å². The van der Waals surface area contributed by atoms with E-state index in [2.05, 4.69) is 6.58 Å². The zero-order valence-electron chi connectivity index (χ0n) is 10.7. The van der Waals surface area contributed by atoms with Gasteiger partial charge in [-0.2, -0.15) is 0 Å². The first-order chi connectivity index (χ1) is 9.63. The van der Waals surface area contributed by atoms with Crippen LogP contribution in [0.2, 0.25) is 0 Å². The molecule has 0 saturated heterocycles. The molecule has 20 heavy (non-hydrogen) atoms. The maximum atomic E-state index is 11.8. The van der Waals surface area contributed by atoms with Gasteiger partial charge in [-0.05, 0) is 40.8 Å². The molecule has 3 heteroatoms. The first-order valence-corrected chi connectivity index (χ1v) is 6.27. The molecular formula is C17H12O3. The Kier molecular flexibility index (Phi) is 2.75. The summed E-state index contributed by atoms with van der Waals surface area (Å²) in [5.74, 6) is -1.43. The van der Waals surface area contributed by atoms with Gasteiger partial charge in [-0.25, -0.2) is 4.79 Å². The van der Waals surface area contributed by atoms with E-state index in [0.717, 1.165) is 22.8 Å². The lowest BCUT2D eigenvalue weighted by molar-refractivity contribution is 0.0692. The molecule has 0 atom stereocenters. The second-order valence-electron chi connectivity index (χ2n) is 4.72. The van der Waals surface area contributed by atoms with E-state index in [-0.39, 0.29) is 16.9 Å². The predicted octanol–water partition coefficient (Wildman–Crippen LogP) is 3.32. The lowest BCUT2D eigenvalue weighted by atomic mass is 9.94. The van der Waals surface area contributed by atoms with Crippen LogP contribution in [-0.4, -0.2) is 16.9 Å². The number of ketones is 1. The van der Waals surface area contributed by atoms with Crippen molar-refractivity contribution in [1.82, 2.24) is 0 Å². The molecule has 0 heterocycles. The number of rotatable bonds is 3. The Bertz CT molecular complexity index is 757. The van der Waals surface area contributed by atoms with Crippen molar-refractivity contribution in [2.45, 2.75) is 6.42 Å². The number of benzene rings is 2. The number of carboxylic acids is 1. The van der Waals surface area contributed by atoms with Crippen molar-refractivity contribution in [1.29, 1.82) is 0 Å². The summed E-state index contributed by atoms with van der Waals surface area (Å²) in [7, 11) is 0. The Morgan fingerprint density at radius 2 is 1.85 bits per heavy atom. The summed E-state index contributed by atoms with van der Waals surface area (Å²) in [5, 5.41) is 9.47. The zero-order chi connectivity index (χ0) is 14.3. The standard InChI is InChI=1S/C17H12O3/c1-2-15(18)13-8-7-12-11-6-4-3-5-10(11)9-14(12)16(13)17(19)20/h2-8H,1,9H2,(H,19,20). The summed E-state index contributed by atoms with van der Waals surface area (Å²) < 4.78 is 0. The minimum atomic E-state index is -1.07. The summed E-state index contributed by atoms with van der Waals surface area (Å²) in [6.07, 6.45) is 1.70. The Hall–Kier alpha value is -2.68. The van der Waals surface area contributed by atoms with Crippen molar-refractivity contribution in [2.24, 2.45) is 0 Å². The van der Waals surface area contributed by atoms with Crippen LogP contribution in [0.3, 0.4) is 0 Å². The molecule has 0 unspecified atom stereocenters. The molecule has 0 radical (unpaired) electrons. The van der Waals surface area contributed by atoms with E-state index in [1.165, 1.54) is 0 Å². The van der Waals surface area contributed by atoms with Crippen LogP contribution in [0.4, 0.5) is 0 Å². The molecule has 3 rings (SSSR count). The van der Waals surface area contributed by atoms with E-state index in [9.17, 15) is 14.7 Å². The largest absolute Gasteiger partial charge is 0.478 e. The topological polar surface area (TPSA) is 54.4 Å². The van der Waals surface area contributed by atoms with Crippen LogP contribution in [-0.2, 0) is 6.42 Å². The van der Waals surface area contributed by atoms with Crippen LogP contribution in [0.1, 0.15) is 31.8 Å². The van der Waals surface area contributed by atoms with Crippen LogP contribution in [0.15, 0.2) is 49.1 Å². The molecule has 1 aliphatic carbocycles. The van der Waals surface area contributed by atoms with Gasteiger partial charge in [0.2, 0.25) is 0 Å². The Labute approximate surface area is 116 Å².